The van der Waals surface area contributed by atoms with Crippen LogP contribution in [0.1, 0.15) is 29.3 Å². The molecule has 0 radical (unpaired) electrons. The predicted octanol–water partition coefficient (Wildman–Crippen LogP) is 7.30. The molecule has 3 N–H and O–H groups in total. The Morgan fingerprint density at radius 2 is 1.45 bits per heavy atom. The molecular formula is C32H24F5N3O3S. The molecule has 0 spiro atoms. The van der Waals surface area contributed by atoms with Crippen LogP contribution < -0.4 is 16.0 Å². The SMILES string of the molecule is CCC(Sc1cccc(NC(=O)/C(=C\c2ccc(F)cc2)NC(=O)c2ccccc2)c1)C(=O)Nc1c(F)c(F)cc(F)c1F. The second-order valence-corrected chi connectivity index (χ2v) is 10.5. The maximum Gasteiger partial charge on any atom is 0.272 e. The van der Waals surface area contributed by atoms with Crippen LogP contribution in [0.2, 0.25) is 0 Å². The molecule has 6 nitrogen and oxygen atoms in total. The summed E-state index contributed by atoms with van der Waals surface area (Å²) in [4.78, 5) is 39.4. The van der Waals surface area contributed by atoms with Crippen molar-refractivity contribution in [2.45, 2.75) is 23.5 Å². The van der Waals surface area contributed by atoms with Gasteiger partial charge in [-0.3, -0.25) is 14.4 Å². The third kappa shape index (κ3) is 8.10. The van der Waals surface area contributed by atoms with Gasteiger partial charge in [-0.15, -0.1) is 11.8 Å². The van der Waals surface area contributed by atoms with Crippen LogP contribution in [0, 0.1) is 29.1 Å². The van der Waals surface area contributed by atoms with Crippen molar-refractivity contribution in [1.29, 1.82) is 0 Å². The minimum atomic E-state index is -1.73. The van der Waals surface area contributed by atoms with Crippen LogP contribution >= 0.6 is 11.8 Å². The predicted molar refractivity (Wildman–Crippen MR) is 158 cm³/mol. The minimum Gasteiger partial charge on any atom is -0.321 e. The highest BCUT2D eigenvalue weighted by Gasteiger charge is 2.25. The summed E-state index contributed by atoms with van der Waals surface area (Å²) in [5, 5.41) is 6.22. The average Bonchev–Trinajstić information content (AvgIpc) is 3.02. The van der Waals surface area contributed by atoms with E-state index in [1.165, 1.54) is 36.4 Å². The van der Waals surface area contributed by atoms with Crippen LogP contribution in [0.15, 0.2) is 95.5 Å². The minimum absolute atomic E-state index is 0.0412. The monoisotopic (exact) mass is 625 g/mol. The quantitative estimate of drug-likeness (QED) is 0.0747. The first kappa shape index (κ1) is 32.0. The highest BCUT2D eigenvalue weighted by Crippen LogP contribution is 2.30. The zero-order chi connectivity index (χ0) is 31.8. The van der Waals surface area contributed by atoms with E-state index < -0.39 is 57.7 Å². The van der Waals surface area contributed by atoms with Gasteiger partial charge in [-0.25, -0.2) is 22.0 Å². The molecule has 0 heterocycles. The lowest BCUT2D eigenvalue weighted by atomic mass is 10.1. The second-order valence-electron chi connectivity index (χ2n) is 9.26. The number of nitrogens with one attached hydrogen (secondary N) is 3. The van der Waals surface area contributed by atoms with Gasteiger partial charge in [-0.2, -0.15) is 0 Å². The molecule has 3 amide bonds. The summed E-state index contributed by atoms with van der Waals surface area (Å²) in [6.45, 7) is 1.63. The first-order chi connectivity index (χ1) is 21.0. The summed E-state index contributed by atoms with van der Waals surface area (Å²) >= 11 is 0.982. The molecule has 0 aliphatic heterocycles. The van der Waals surface area contributed by atoms with E-state index in [1.54, 1.807) is 55.5 Å². The molecule has 4 aromatic rings. The van der Waals surface area contributed by atoms with Crippen molar-refractivity contribution in [3.8, 4) is 0 Å². The van der Waals surface area contributed by atoms with E-state index in [2.05, 4.69) is 10.6 Å². The first-order valence-corrected chi connectivity index (χ1v) is 14.0. The highest BCUT2D eigenvalue weighted by atomic mass is 32.2. The van der Waals surface area contributed by atoms with Gasteiger partial charge in [0.25, 0.3) is 11.8 Å². The van der Waals surface area contributed by atoms with Gasteiger partial charge < -0.3 is 16.0 Å². The Bertz CT molecular complexity index is 1690. The molecule has 12 heteroatoms. The maximum atomic E-state index is 14.1. The van der Waals surface area contributed by atoms with Gasteiger partial charge in [-0.05, 0) is 60.5 Å². The summed E-state index contributed by atoms with van der Waals surface area (Å²) in [6, 6.07) is 19.8. The number of anilines is 2. The molecule has 226 valence electrons. The van der Waals surface area contributed by atoms with Crippen molar-refractivity contribution >= 4 is 46.9 Å². The Morgan fingerprint density at radius 3 is 2.09 bits per heavy atom. The van der Waals surface area contributed by atoms with Crippen LogP contribution in [0.5, 0.6) is 0 Å². The normalized spacial score (nSPS) is 11.9. The fraction of sp³-hybridized carbons (Fsp3) is 0.0938. The Hall–Kier alpha value is -4.97. The van der Waals surface area contributed by atoms with Crippen molar-refractivity contribution in [3.63, 3.8) is 0 Å². The molecule has 4 rings (SSSR count). The molecule has 1 atom stereocenters. The molecule has 0 bridgehead atoms. The van der Waals surface area contributed by atoms with Crippen molar-refractivity contribution < 1.29 is 36.3 Å². The fourth-order valence-corrected chi connectivity index (χ4v) is 4.90. The molecule has 44 heavy (non-hydrogen) atoms. The number of benzene rings is 4. The fourth-order valence-electron chi connectivity index (χ4n) is 3.89. The van der Waals surface area contributed by atoms with E-state index in [4.69, 9.17) is 0 Å². The van der Waals surface area contributed by atoms with Crippen LogP contribution in [0.25, 0.3) is 6.08 Å². The second kappa shape index (κ2) is 14.5. The van der Waals surface area contributed by atoms with Gasteiger partial charge in [0.15, 0.2) is 23.3 Å². The standard InChI is InChI=1S/C32H24F5N3O3S/c1-2-26(32(43)40-29-27(36)23(34)17-24(35)28(29)37)44-22-10-6-9-21(16-22)38-31(42)25(15-18-11-13-20(33)14-12-18)39-30(41)19-7-4-3-5-8-19/h3-17,26H,2H2,1H3,(H,38,42)(H,39,41)(H,40,43)/b25-15+. The zero-order valence-corrected chi connectivity index (χ0v) is 23.8. The molecule has 0 saturated heterocycles. The van der Waals surface area contributed by atoms with Crippen molar-refractivity contribution in [3.05, 3.63) is 131 Å². The number of rotatable bonds is 10. The molecule has 0 aliphatic carbocycles. The van der Waals surface area contributed by atoms with E-state index in [0.717, 1.165) is 11.8 Å². The van der Waals surface area contributed by atoms with Crippen LogP contribution in [0.4, 0.5) is 33.3 Å². The van der Waals surface area contributed by atoms with Crippen molar-refractivity contribution in [2.75, 3.05) is 10.6 Å². The lowest BCUT2D eigenvalue weighted by Gasteiger charge is -2.17. The summed E-state index contributed by atoms with van der Waals surface area (Å²) in [7, 11) is 0. The third-order valence-electron chi connectivity index (χ3n) is 6.10. The Labute approximate surface area is 253 Å². The Balaban J connectivity index is 1.52. The van der Waals surface area contributed by atoms with Gasteiger partial charge in [0.1, 0.15) is 17.2 Å². The highest BCUT2D eigenvalue weighted by molar-refractivity contribution is 8.00. The van der Waals surface area contributed by atoms with E-state index in [9.17, 15) is 36.3 Å². The van der Waals surface area contributed by atoms with E-state index in [-0.39, 0.29) is 23.9 Å². The van der Waals surface area contributed by atoms with Crippen molar-refractivity contribution in [2.24, 2.45) is 0 Å². The van der Waals surface area contributed by atoms with E-state index in [0.29, 0.717) is 16.0 Å². The van der Waals surface area contributed by atoms with Gasteiger partial charge in [0.2, 0.25) is 5.91 Å². The topological polar surface area (TPSA) is 87.3 Å². The summed E-state index contributed by atoms with van der Waals surface area (Å²) in [6.07, 6.45) is 1.55. The van der Waals surface area contributed by atoms with Gasteiger partial charge in [-0.1, -0.05) is 43.3 Å². The molecular weight excluding hydrogens is 601 g/mol. The smallest absolute Gasteiger partial charge is 0.272 e. The average molecular weight is 626 g/mol. The summed E-state index contributed by atoms with van der Waals surface area (Å²) in [5.41, 5.74) is -0.352. The number of carbonyl (C=O) groups is 3. The maximum absolute atomic E-state index is 14.1. The van der Waals surface area contributed by atoms with Crippen LogP contribution in [-0.4, -0.2) is 23.0 Å². The van der Waals surface area contributed by atoms with Gasteiger partial charge >= 0.3 is 0 Å². The molecule has 0 aliphatic rings. The summed E-state index contributed by atoms with van der Waals surface area (Å²) < 4.78 is 68.7. The van der Waals surface area contributed by atoms with Crippen LogP contribution in [0.3, 0.4) is 0 Å². The Morgan fingerprint density at radius 1 is 0.795 bits per heavy atom. The molecule has 0 fully saturated rings. The van der Waals surface area contributed by atoms with E-state index >= 15 is 0 Å². The Kier molecular flexibility index (Phi) is 10.5. The number of hydrogen-bond acceptors (Lipinski definition) is 4. The van der Waals surface area contributed by atoms with Crippen LogP contribution in [-0.2, 0) is 9.59 Å². The van der Waals surface area contributed by atoms with Gasteiger partial charge in [0, 0.05) is 22.2 Å². The lowest BCUT2D eigenvalue weighted by molar-refractivity contribution is -0.116. The number of hydrogen-bond donors (Lipinski definition) is 3. The molecule has 1 unspecified atom stereocenters. The number of carbonyl (C=O) groups excluding carboxylic acids is 3. The molecule has 0 aromatic heterocycles. The number of halogens is 5. The van der Waals surface area contributed by atoms with Gasteiger partial charge in [0.05, 0.1) is 5.25 Å². The largest absolute Gasteiger partial charge is 0.321 e. The number of thioether (sulfide) groups is 1. The molecule has 0 saturated carbocycles. The van der Waals surface area contributed by atoms with E-state index in [1.807, 2.05) is 5.32 Å². The third-order valence-corrected chi connectivity index (χ3v) is 7.46. The zero-order valence-electron chi connectivity index (χ0n) is 23.0. The first-order valence-electron chi connectivity index (χ1n) is 13.1. The van der Waals surface area contributed by atoms with Crippen molar-refractivity contribution in [1.82, 2.24) is 5.32 Å². The number of amides is 3. The molecule has 4 aromatic carbocycles. The lowest BCUT2D eigenvalue weighted by Crippen LogP contribution is -2.30. The summed E-state index contributed by atoms with van der Waals surface area (Å²) in [5.74, 6) is -9.41.